The van der Waals surface area contributed by atoms with Crippen molar-refractivity contribution in [2.45, 2.75) is 32.4 Å². The van der Waals surface area contributed by atoms with Crippen LogP contribution in [0.2, 0.25) is 5.02 Å². The molecule has 0 fully saturated rings. The number of hydrogen-bond donors (Lipinski definition) is 2. The first-order valence-electron chi connectivity index (χ1n) is 13.0. The van der Waals surface area contributed by atoms with E-state index in [-0.39, 0.29) is 20.3 Å². The molecule has 2 atom stereocenters. The molecule has 210 valence electrons. The number of halogens is 1. The standard InChI is InChI=1S/C32H32ClNO5S.Li.H/c1-4-38-30(29-16-15-28(39-29)21-9-12-23(33)13-10-21)22-11-14-25(26(19-22)24-8-6-5-7-20(24)2)31(35)34-27(32(36)37)17-18-40-3;;/h5-16,19,27,30H,4,17-18H2,1-3H3,(H,34,35)(H,36,37);;/q;+1;-1. The zero-order chi connectivity index (χ0) is 28.6. The van der Waals surface area contributed by atoms with Gasteiger partial charge in [0.2, 0.25) is 0 Å². The molecule has 0 saturated heterocycles. The van der Waals surface area contributed by atoms with Gasteiger partial charge >= 0.3 is 24.8 Å². The number of nitrogens with one attached hydrogen (secondary N) is 1. The van der Waals surface area contributed by atoms with Crippen LogP contribution in [0.25, 0.3) is 22.5 Å². The molecule has 0 aliphatic carbocycles. The minimum Gasteiger partial charge on any atom is -1.00 e. The van der Waals surface area contributed by atoms with Crippen LogP contribution in [0.5, 0.6) is 0 Å². The van der Waals surface area contributed by atoms with Gasteiger partial charge in [-0.3, -0.25) is 4.79 Å². The van der Waals surface area contributed by atoms with Gasteiger partial charge in [-0.25, -0.2) is 4.79 Å². The molecule has 1 heterocycles. The van der Waals surface area contributed by atoms with E-state index in [1.54, 1.807) is 6.07 Å². The quantitative estimate of drug-likeness (QED) is 0.233. The maximum atomic E-state index is 13.4. The summed E-state index contributed by atoms with van der Waals surface area (Å²) in [5.41, 5.74) is 4.66. The molecule has 2 N–H and O–H groups in total. The first-order chi connectivity index (χ1) is 19.3. The fraction of sp³-hybridized carbons (Fsp3) is 0.250. The van der Waals surface area contributed by atoms with Crippen molar-refractivity contribution in [1.29, 1.82) is 0 Å². The van der Waals surface area contributed by atoms with Gasteiger partial charge in [0, 0.05) is 22.8 Å². The van der Waals surface area contributed by atoms with Crippen molar-refractivity contribution < 1.29 is 44.1 Å². The summed E-state index contributed by atoms with van der Waals surface area (Å²) < 4.78 is 12.4. The summed E-state index contributed by atoms with van der Waals surface area (Å²) in [6.07, 6.45) is 1.72. The number of aryl methyl sites for hydroxylation is 1. The van der Waals surface area contributed by atoms with Gasteiger partial charge in [0.25, 0.3) is 5.91 Å². The normalized spacial score (nSPS) is 12.3. The van der Waals surface area contributed by atoms with Crippen molar-refractivity contribution in [2.75, 3.05) is 18.6 Å². The number of furan rings is 1. The molecule has 0 radical (unpaired) electrons. The topological polar surface area (TPSA) is 88.8 Å². The Morgan fingerprint density at radius 3 is 2.44 bits per heavy atom. The number of carbonyl (C=O) groups excluding carboxylic acids is 1. The van der Waals surface area contributed by atoms with Crippen molar-refractivity contribution >= 4 is 35.2 Å². The molecule has 4 rings (SSSR count). The van der Waals surface area contributed by atoms with E-state index >= 15 is 0 Å². The number of aliphatic carboxylic acids is 1. The van der Waals surface area contributed by atoms with E-state index in [9.17, 15) is 14.7 Å². The van der Waals surface area contributed by atoms with Crippen LogP contribution in [-0.2, 0) is 9.53 Å². The molecule has 0 aliphatic rings. The molecule has 1 aromatic heterocycles. The van der Waals surface area contributed by atoms with E-state index in [1.165, 1.54) is 11.8 Å². The van der Waals surface area contributed by atoms with Crippen LogP contribution >= 0.6 is 23.4 Å². The number of rotatable bonds is 12. The van der Waals surface area contributed by atoms with Crippen LogP contribution in [0.3, 0.4) is 0 Å². The SMILES string of the molecule is CCOC(c1ccc(C(=O)NC(CCSC)C(=O)O)c(-c2ccccc2C)c1)c1ccc(-c2ccc(Cl)cc2)o1.[H-].[Li+]. The molecule has 2 unspecified atom stereocenters. The molecule has 4 aromatic rings. The minimum atomic E-state index is -1.05. The summed E-state index contributed by atoms with van der Waals surface area (Å²) in [5, 5.41) is 13.0. The van der Waals surface area contributed by atoms with Crippen molar-refractivity contribution in [3.05, 3.63) is 106 Å². The first-order valence-corrected chi connectivity index (χ1v) is 14.8. The fourth-order valence-electron chi connectivity index (χ4n) is 4.52. The zero-order valence-corrected chi connectivity index (χ0v) is 25.2. The van der Waals surface area contributed by atoms with Crippen LogP contribution < -0.4 is 24.2 Å². The summed E-state index contributed by atoms with van der Waals surface area (Å²) in [5.74, 6) is 0.452. The van der Waals surface area contributed by atoms with Gasteiger partial charge in [-0.2, -0.15) is 11.8 Å². The second-order valence-electron chi connectivity index (χ2n) is 9.31. The number of ether oxygens (including phenoxy) is 1. The van der Waals surface area contributed by atoms with Gasteiger partial charge in [-0.1, -0.05) is 41.9 Å². The molecule has 0 spiro atoms. The van der Waals surface area contributed by atoms with Crippen LogP contribution in [0, 0.1) is 6.92 Å². The first kappa shape index (κ1) is 32.6. The molecule has 0 saturated carbocycles. The number of hydrogen-bond acceptors (Lipinski definition) is 5. The van der Waals surface area contributed by atoms with E-state index in [4.69, 9.17) is 20.8 Å². The maximum Gasteiger partial charge on any atom is 1.00 e. The average Bonchev–Trinajstić information content (AvgIpc) is 3.44. The number of amides is 1. The van der Waals surface area contributed by atoms with Crippen molar-refractivity contribution in [1.82, 2.24) is 5.32 Å². The van der Waals surface area contributed by atoms with Crippen molar-refractivity contribution in [3.8, 4) is 22.5 Å². The smallest absolute Gasteiger partial charge is 1.00 e. The third kappa shape index (κ3) is 8.09. The van der Waals surface area contributed by atoms with Gasteiger partial charge in [-0.15, -0.1) is 0 Å². The molecular weight excluding hydrogens is 553 g/mol. The predicted octanol–water partition coefficient (Wildman–Crippen LogP) is 4.75. The molecular formula is C32H33ClLiNO5S. The van der Waals surface area contributed by atoms with Gasteiger partial charge < -0.3 is 21.0 Å². The second-order valence-corrected chi connectivity index (χ2v) is 10.7. The van der Waals surface area contributed by atoms with Crippen LogP contribution in [0.15, 0.2) is 83.3 Å². The van der Waals surface area contributed by atoms with Crippen LogP contribution in [0.4, 0.5) is 0 Å². The van der Waals surface area contributed by atoms with Crippen LogP contribution in [-0.4, -0.2) is 41.6 Å². The third-order valence-corrected chi connectivity index (χ3v) is 7.48. The monoisotopic (exact) mass is 585 g/mol. The molecule has 1 amide bonds. The van der Waals surface area contributed by atoms with Gasteiger partial charge in [0.05, 0.1) is 0 Å². The van der Waals surface area contributed by atoms with Crippen molar-refractivity contribution in [3.63, 3.8) is 0 Å². The molecule has 3 aromatic carbocycles. The van der Waals surface area contributed by atoms with Gasteiger partial charge in [0.1, 0.15) is 23.7 Å². The Bertz CT molecular complexity index is 1480. The Morgan fingerprint density at radius 2 is 1.78 bits per heavy atom. The van der Waals surface area contributed by atoms with Gasteiger partial charge in [-0.05, 0) is 103 Å². The summed E-state index contributed by atoms with van der Waals surface area (Å²) in [4.78, 5) is 25.3. The summed E-state index contributed by atoms with van der Waals surface area (Å²) >= 11 is 7.58. The average molecular weight is 586 g/mol. The summed E-state index contributed by atoms with van der Waals surface area (Å²) in [6.45, 7) is 4.34. The van der Waals surface area contributed by atoms with Crippen molar-refractivity contribution in [2.24, 2.45) is 0 Å². The fourth-order valence-corrected chi connectivity index (χ4v) is 5.12. The van der Waals surface area contributed by atoms with E-state index < -0.39 is 24.0 Å². The molecule has 6 nitrogen and oxygen atoms in total. The second kappa shape index (κ2) is 15.3. The molecule has 0 bridgehead atoms. The summed E-state index contributed by atoms with van der Waals surface area (Å²) in [6, 6.07) is 23.5. The van der Waals surface area contributed by atoms with E-state index in [2.05, 4.69) is 5.32 Å². The molecule has 9 heteroatoms. The Balaban J connectivity index is 0.00000308. The number of thioether (sulfide) groups is 1. The summed E-state index contributed by atoms with van der Waals surface area (Å²) in [7, 11) is 0. The number of carboxylic acid groups (broad SMARTS) is 1. The third-order valence-electron chi connectivity index (χ3n) is 6.59. The predicted molar refractivity (Wildman–Crippen MR) is 162 cm³/mol. The number of carbonyl (C=O) groups is 2. The number of benzene rings is 3. The van der Waals surface area contributed by atoms with Crippen LogP contribution in [0.1, 0.15) is 48.1 Å². The largest absolute Gasteiger partial charge is 1.00 e. The van der Waals surface area contributed by atoms with E-state index in [0.29, 0.717) is 46.5 Å². The zero-order valence-electron chi connectivity index (χ0n) is 24.6. The Morgan fingerprint density at radius 1 is 1.05 bits per heavy atom. The van der Waals surface area contributed by atoms with E-state index in [0.717, 1.165) is 22.3 Å². The number of carboxylic acids is 1. The Labute approximate surface area is 263 Å². The molecule has 41 heavy (non-hydrogen) atoms. The minimum absolute atomic E-state index is 0. The Kier molecular flexibility index (Phi) is 12.2. The molecule has 0 aliphatic heterocycles. The van der Waals surface area contributed by atoms with E-state index in [1.807, 2.05) is 92.9 Å². The Hall–Kier alpha value is -2.92. The maximum absolute atomic E-state index is 13.4. The van der Waals surface area contributed by atoms with Gasteiger partial charge in [0.15, 0.2) is 0 Å².